The summed E-state index contributed by atoms with van der Waals surface area (Å²) in [7, 11) is 0. The van der Waals surface area contributed by atoms with Crippen LogP contribution in [0.15, 0.2) is 17.8 Å². The summed E-state index contributed by atoms with van der Waals surface area (Å²) in [6.45, 7) is 5.65. The molecule has 68 valence electrons. The lowest BCUT2D eigenvalue weighted by molar-refractivity contribution is -0.0591. The number of allylic oxidation sites excluding steroid dienone is 1. The van der Waals surface area contributed by atoms with Gasteiger partial charge in [0.2, 0.25) is 0 Å². The van der Waals surface area contributed by atoms with Gasteiger partial charge >= 0.3 is 0 Å². The van der Waals surface area contributed by atoms with Crippen LogP contribution in [-0.2, 0) is 4.84 Å². The number of oxime groups is 1. The fraction of sp³-hybridized carbons (Fsp3) is 0.667. The van der Waals surface area contributed by atoms with Crippen molar-refractivity contribution in [2.75, 3.05) is 6.61 Å². The van der Waals surface area contributed by atoms with Gasteiger partial charge in [-0.3, -0.25) is 0 Å². The van der Waals surface area contributed by atoms with E-state index in [0.717, 1.165) is 25.0 Å². The molecule has 0 aromatic heterocycles. The van der Waals surface area contributed by atoms with Crippen molar-refractivity contribution in [1.82, 2.24) is 0 Å². The Hall–Kier alpha value is -0.830. The highest BCUT2D eigenvalue weighted by Gasteiger charge is 2.36. The molecule has 0 aliphatic carbocycles. The van der Waals surface area contributed by atoms with Crippen LogP contribution in [0.25, 0.3) is 0 Å². The monoisotopic (exact) mass is 169 g/mol. The first-order valence-electron chi connectivity index (χ1n) is 4.22. The zero-order valence-electron chi connectivity index (χ0n) is 7.42. The number of hydrogen-bond donors (Lipinski definition) is 1. The number of hydrogen-bond acceptors (Lipinski definition) is 3. The minimum absolute atomic E-state index is 0.0354. The Morgan fingerprint density at radius 1 is 1.83 bits per heavy atom. The van der Waals surface area contributed by atoms with Gasteiger partial charge in [0, 0.05) is 12.8 Å². The van der Waals surface area contributed by atoms with Crippen molar-refractivity contribution < 1.29 is 9.94 Å². The largest absolute Gasteiger partial charge is 0.392 e. The highest BCUT2D eigenvalue weighted by Crippen LogP contribution is 2.27. The maximum absolute atomic E-state index is 9.08. The molecule has 1 aliphatic rings. The van der Waals surface area contributed by atoms with Crippen molar-refractivity contribution in [1.29, 1.82) is 0 Å². The lowest BCUT2D eigenvalue weighted by atomic mass is 9.94. The van der Waals surface area contributed by atoms with Gasteiger partial charge in [-0.05, 0) is 6.42 Å². The van der Waals surface area contributed by atoms with E-state index < -0.39 is 5.60 Å². The van der Waals surface area contributed by atoms with Gasteiger partial charge < -0.3 is 9.94 Å². The standard InChI is InChI=1S/C9H15NO2/c1-3-5-8-6-9(4-2,7-11)12-10-8/h3,11H,1,4-7H2,2H3/t9-/m1/s1. The molecule has 0 aromatic rings. The summed E-state index contributed by atoms with van der Waals surface area (Å²) >= 11 is 0. The molecule has 12 heavy (non-hydrogen) atoms. The quantitative estimate of drug-likeness (QED) is 0.648. The minimum atomic E-state index is -0.446. The number of aliphatic hydroxyl groups is 1. The smallest absolute Gasteiger partial charge is 0.165 e. The fourth-order valence-electron chi connectivity index (χ4n) is 1.26. The Morgan fingerprint density at radius 2 is 2.58 bits per heavy atom. The molecule has 3 heteroatoms. The van der Waals surface area contributed by atoms with Gasteiger partial charge in [0.15, 0.2) is 5.60 Å². The van der Waals surface area contributed by atoms with Crippen LogP contribution in [0.4, 0.5) is 0 Å². The summed E-state index contributed by atoms with van der Waals surface area (Å²) < 4.78 is 0. The Bertz CT molecular complexity index is 195. The molecule has 1 N–H and O–H groups in total. The molecule has 0 spiro atoms. The molecule has 0 amide bonds. The highest BCUT2D eigenvalue weighted by molar-refractivity contribution is 5.87. The molecule has 0 fully saturated rings. The molecule has 0 unspecified atom stereocenters. The lowest BCUT2D eigenvalue weighted by Crippen LogP contribution is -2.32. The van der Waals surface area contributed by atoms with E-state index in [9.17, 15) is 0 Å². The zero-order chi connectivity index (χ0) is 9.03. The van der Waals surface area contributed by atoms with Crippen molar-refractivity contribution in [2.45, 2.75) is 31.8 Å². The molecule has 3 nitrogen and oxygen atoms in total. The second-order valence-electron chi connectivity index (χ2n) is 3.11. The first-order valence-corrected chi connectivity index (χ1v) is 4.22. The van der Waals surface area contributed by atoms with E-state index in [-0.39, 0.29) is 6.61 Å². The second-order valence-corrected chi connectivity index (χ2v) is 3.11. The molecule has 0 radical (unpaired) electrons. The van der Waals surface area contributed by atoms with Crippen molar-refractivity contribution in [2.24, 2.45) is 5.16 Å². The summed E-state index contributed by atoms with van der Waals surface area (Å²) in [6, 6.07) is 0. The molecule has 0 saturated carbocycles. The Kier molecular flexibility index (Phi) is 2.87. The van der Waals surface area contributed by atoms with Crippen LogP contribution in [0.1, 0.15) is 26.2 Å². The third-order valence-electron chi connectivity index (χ3n) is 2.21. The summed E-state index contributed by atoms with van der Waals surface area (Å²) in [6.07, 6.45) is 4.06. The number of nitrogens with zero attached hydrogens (tertiary/aromatic N) is 1. The van der Waals surface area contributed by atoms with Gasteiger partial charge in [0.25, 0.3) is 0 Å². The first-order chi connectivity index (χ1) is 5.76. The summed E-state index contributed by atoms with van der Waals surface area (Å²) in [4.78, 5) is 5.19. The van der Waals surface area contributed by atoms with E-state index >= 15 is 0 Å². The summed E-state index contributed by atoms with van der Waals surface area (Å²) in [5, 5.41) is 13.0. The van der Waals surface area contributed by atoms with Gasteiger partial charge in [0.05, 0.1) is 12.3 Å². The molecule has 1 aliphatic heterocycles. The van der Waals surface area contributed by atoms with Crippen LogP contribution in [-0.4, -0.2) is 23.0 Å². The van der Waals surface area contributed by atoms with E-state index in [1.54, 1.807) is 6.08 Å². The molecule has 1 rings (SSSR count). The third kappa shape index (κ3) is 1.67. The molecule has 1 atom stereocenters. The van der Waals surface area contributed by atoms with E-state index in [1.807, 2.05) is 6.92 Å². The Balaban J connectivity index is 2.53. The normalized spacial score (nSPS) is 28.0. The lowest BCUT2D eigenvalue weighted by Gasteiger charge is -2.21. The zero-order valence-corrected chi connectivity index (χ0v) is 7.42. The highest BCUT2D eigenvalue weighted by atomic mass is 16.7. The van der Waals surface area contributed by atoms with Crippen molar-refractivity contribution in [3.05, 3.63) is 12.7 Å². The van der Waals surface area contributed by atoms with Crippen molar-refractivity contribution in [3.8, 4) is 0 Å². The molecule has 0 aromatic carbocycles. The second kappa shape index (κ2) is 3.72. The van der Waals surface area contributed by atoms with E-state index in [4.69, 9.17) is 9.94 Å². The maximum Gasteiger partial charge on any atom is 0.165 e. The van der Waals surface area contributed by atoms with E-state index in [1.165, 1.54) is 0 Å². The van der Waals surface area contributed by atoms with Crippen LogP contribution in [0.5, 0.6) is 0 Å². The van der Waals surface area contributed by atoms with Crippen molar-refractivity contribution >= 4 is 5.71 Å². The van der Waals surface area contributed by atoms with Crippen LogP contribution in [0, 0.1) is 0 Å². The predicted octanol–water partition coefficient (Wildman–Crippen LogP) is 1.48. The van der Waals surface area contributed by atoms with Crippen LogP contribution >= 0.6 is 0 Å². The minimum Gasteiger partial charge on any atom is -0.392 e. The van der Waals surface area contributed by atoms with Crippen LogP contribution < -0.4 is 0 Å². The molecule has 1 heterocycles. The summed E-state index contributed by atoms with van der Waals surface area (Å²) in [5.41, 5.74) is 0.527. The topological polar surface area (TPSA) is 41.8 Å². The van der Waals surface area contributed by atoms with Gasteiger partial charge in [-0.2, -0.15) is 0 Å². The van der Waals surface area contributed by atoms with Gasteiger partial charge in [-0.25, -0.2) is 0 Å². The van der Waals surface area contributed by atoms with E-state index in [0.29, 0.717) is 0 Å². The van der Waals surface area contributed by atoms with Gasteiger partial charge in [-0.1, -0.05) is 18.2 Å². The van der Waals surface area contributed by atoms with Gasteiger partial charge in [-0.15, -0.1) is 6.58 Å². The SMILES string of the molecule is C=CCC1=NO[C@@](CC)(CO)C1. The summed E-state index contributed by atoms with van der Waals surface area (Å²) in [5.74, 6) is 0. The average molecular weight is 169 g/mol. The Labute approximate surface area is 72.7 Å². The third-order valence-corrected chi connectivity index (χ3v) is 2.21. The maximum atomic E-state index is 9.08. The van der Waals surface area contributed by atoms with Crippen LogP contribution in [0.2, 0.25) is 0 Å². The molecular weight excluding hydrogens is 154 g/mol. The average Bonchev–Trinajstić information content (AvgIpc) is 2.50. The van der Waals surface area contributed by atoms with Crippen molar-refractivity contribution in [3.63, 3.8) is 0 Å². The van der Waals surface area contributed by atoms with E-state index in [2.05, 4.69) is 11.7 Å². The number of rotatable bonds is 4. The molecular formula is C9H15NO2. The van der Waals surface area contributed by atoms with Gasteiger partial charge in [0.1, 0.15) is 0 Å². The first kappa shape index (κ1) is 9.26. The number of aliphatic hydroxyl groups excluding tert-OH is 1. The van der Waals surface area contributed by atoms with Crippen LogP contribution in [0.3, 0.4) is 0 Å². The predicted molar refractivity (Wildman–Crippen MR) is 48.1 cm³/mol. The fourth-order valence-corrected chi connectivity index (χ4v) is 1.26. The molecule has 0 saturated heterocycles. The molecule has 0 bridgehead atoms. The Morgan fingerprint density at radius 3 is 3.00 bits per heavy atom.